The van der Waals surface area contributed by atoms with E-state index in [0.717, 1.165) is 37.0 Å². The first kappa shape index (κ1) is 14.0. The van der Waals surface area contributed by atoms with Crippen LogP contribution in [0.3, 0.4) is 0 Å². The Bertz CT molecular complexity index is 510. The monoisotopic (exact) mass is 276 g/mol. The SMILES string of the molecule is CCNc1cc(C)nc(CN(C)Cc2cccs2)n1. The van der Waals surface area contributed by atoms with Gasteiger partial charge in [-0.3, -0.25) is 4.90 Å². The molecule has 0 atom stereocenters. The Labute approximate surface area is 118 Å². The van der Waals surface area contributed by atoms with Crippen molar-refractivity contribution < 1.29 is 0 Å². The van der Waals surface area contributed by atoms with E-state index in [-0.39, 0.29) is 0 Å². The summed E-state index contributed by atoms with van der Waals surface area (Å²) >= 11 is 1.78. The third-order valence-corrected chi connectivity index (χ3v) is 3.54. The molecule has 2 aromatic heterocycles. The average Bonchev–Trinajstić information content (AvgIpc) is 2.81. The van der Waals surface area contributed by atoms with E-state index in [1.165, 1.54) is 4.88 Å². The zero-order chi connectivity index (χ0) is 13.7. The maximum Gasteiger partial charge on any atom is 0.144 e. The molecule has 0 radical (unpaired) electrons. The Morgan fingerprint density at radius 3 is 2.84 bits per heavy atom. The summed E-state index contributed by atoms with van der Waals surface area (Å²) in [5.41, 5.74) is 1.01. The van der Waals surface area contributed by atoms with E-state index in [2.05, 4.69) is 51.7 Å². The molecule has 0 spiro atoms. The summed E-state index contributed by atoms with van der Waals surface area (Å²) in [5, 5.41) is 5.35. The van der Waals surface area contributed by atoms with Gasteiger partial charge in [-0.25, -0.2) is 9.97 Å². The molecule has 0 saturated carbocycles. The molecule has 0 saturated heterocycles. The number of anilines is 1. The molecule has 0 unspecified atom stereocenters. The van der Waals surface area contributed by atoms with Crippen molar-refractivity contribution in [1.82, 2.24) is 14.9 Å². The van der Waals surface area contributed by atoms with E-state index in [4.69, 9.17) is 0 Å². The van der Waals surface area contributed by atoms with Gasteiger partial charge in [-0.05, 0) is 32.3 Å². The first-order chi connectivity index (χ1) is 9.17. The maximum atomic E-state index is 4.53. The first-order valence-electron chi connectivity index (χ1n) is 6.46. The Hall–Kier alpha value is -1.46. The quantitative estimate of drug-likeness (QED) is 0.881. The number of nitrogens with one attached hydrogen (secondary N) is 1. The third kappa shape index (κ3) is 4.29. The molecule has 4 nitrogen and oxygen atoms in total. The standard InChI is InChI=1S/C14H20N4S/c1-4-15-13-8-11(2)16-14(17-13)10-18(3)9-12-6-5-7-19-12/h5-8H,4,9-10H2,1-3H3,(H,15,16,17). The van der Waals surface area contributed by atoms with Crippen molar-refractivity contribution in [2.45, 2.75) is 26.9 Å². The zero-order valence-corrected chi connectivity index (χ0v) is 12.5. The van der Waals surface area contributed by atoms with Crippen LogP contribution in [0.4, 0.5) is 5.82 Å². The van der Waals surface area contributed by atoms with Gasteiger partial charge >= 0.3 is 0 Å². The van der Waals surface area contributed by atoms with E-state index in [0.29, 0.717) is 0 Å². The minimum absolute atomic E-state index is 0.762. The lowest BCUT2D eigenvalue weighted by Crippen LogP contribution is -2.19. The Balaban J connectivity index is 2.01. The molecule has 2 rings (SSSR count). The molecule has 2 heterocycles. The van der Waals surface area contributed by atoms with E-state index >= 15 is 0 Å². The predicted octanol–water partition coefficient (Wildman–Crippen LogP) is 2.91. The van der Waals surface area contributed by atoms with Gasteiger partial charge in [-0.1, -0.05) is 6.07 Å². The second kappa shape index (κ2) is 6.63. The van der Waals surface area contributed by atoms with E-state index in [1.54, 1.807) is 11.3 Å². The van der Waals surface area contributed by atoms with Gasteiger partial charge in [0.15, 0.2) is 0 Å². The second-order valence-corrected chi connectivity index (χ2v) is 5.63. The number of nitrogens with zero attached hydrogens (tertiary/aromatic N) is 3. The molecule has 5 heteroatoms. The molecular formula is C14H20N4S. The van der Waals surface area contributed by atoms with Gasteiger partial charge in [-0.2, -0.15) is 0 Å². The number of aromatic nitrogens is 2. The van der Waals surface area contributed by atoms with Gasteiger partial charge in [0.25, 0.3) is 0 Å². The fourth-order valence-electron chi connectivity index (χ4n) is 1.94. The molecule has 19 heavy (non-hydrogen) atoms. The Kier molecular flexibility index (Phi) is 4.87. The van der Waals surface area contributed by atoms with Crippen LogP contribution in [0.2, 0.25) is 0 Å². The predicted molar refractivity (Wildman–Crippen MR) is 80.4 cm³/mol. The molecule has 0 fully saturated rings. The molecule has 102 valence electrons. The normalized spacial score (nSPS) is 10.9. The summed E-state index contributed by atoms with van der Waals surface area (Å²) in [7, 11) is 2.10. The molecule has 2 aromatic rings. The first-order valence-corrected chi connectivity index (χ1v) is 7.34. The smallest absolute Gasteiger partial charge is 0.144 e. The summed E-state index contributed by atoms with van der Waals surface area (Å²) in [6, 6.07) is 6.22. The maximum absolute atomic E-state index is 4.53. The number of hydrogen-bond donors (Lipinski definition) is 1. The van der Waals surface area contributed by atoms with Crippen molar-refractivity contribution in [2.24, 2.45) is 0 Å². The van der Waals surface area contributed by atoms with Gasteiger partial charge in [0.1, 0.15) is 11.6 Å². The van der Waals surface area contributed by atoms with E-state index in [9.17, 15) is 0 Å². The molecule has 0 bridgehead atoms. The van der Waals surface area contributed by atoms with Crippen LogP contribution in [0.25, 0.3) is 0 Å². The van der Waals surface area contributed by atoms with Crippen LogP contribution in [-0.4, -0.2) is 28.5 Å². The highest BCUT2D eigenvalue weighted by molar-refractivity contribution is 7.09. The minimum Gasteiger partial charge on any atom is -0.370 e. The van der Waals surface area contributed by atoms with Crippen molar-refractivity contribution in [2.75, 3.05) is 18.9 Å². The van der Waals surface area contributed by atoms with Crippen molar-refractivity contribution in [3.63, 3.8) is 0 Å². The van der Waals surface area contributed by atoms with Gasteiger partial charge in [-0.15, -0.1) is 11.3 Å². The summed E-state index contributed by atoms with van der Waals surface area (Å²) in [6.07, 6.45) is 0. The zero-order valence-electron chi connectivity index (χ0n) is 11.7. The number of rotatable bonds is 6. The summed E-state index contributed by atoms with van der Waals surface area (Å²) in [6.45, 7) is 6.65. The molecule has 0 amide bonds. The van der Waals surface area contributed by atoms with E-state index < -0.39 is 0 Å². The van der Waals surface area contributed by atoms with Crippen LogP contribution < -0.4 is 5.32 Å². The molecule has 0 aliphatic heterocycles. The fraction of sp³-hybridized carbons (Fsp3) is 0.429. The van der Waals surface area contributed by atoms with Gasteiger partial charge < -0.3 is 5.32 Å². The van der Waals surface area contributed by atoms with Crippen LogP contribution in [0, 0.1) is 6.92 Å². The largest absolute Gasteiger partial charge is 0.370 e. The molecule has 0 aromatic carbocycles. The van der Waals surface area contributed by atoms with E-state index in [1.807, 2.05) is 13.0 Å². The second-order valence-electron chi connectivity index (χ2n) is 4.59. The number of thiophene rings is 1. The fourth-order valence-corrected chi connectivity index (χ4v) is 2.72. The Morgan fingerprint density at radius 2 is 2.16 bits per heavy atom. The van der Waals surface area contributed by atoms with Gasteiger partial charge in [0.05, 0.1) is 6.54 Å². The minimum atomic E-state index is 0.762. The highest BCUT2D eigenvalue weighted by Gasteiger charge is 2.07. The number of aryl methyl sites for hydroxylation is 1. The molecule has 1 N–H and O–H groups in total. The Morgan fingerprint density at radius 1 is 1.32 bits per heavy atom. The lowest BCUT2D eigenvalue weighted by atomic mass is 10.3. The highest BCUT2D eigenvalue weighted by Crippen LogP contribution is 2.13. The van der Waals surface area contributed by atoms with Crippen LogP contribution in [0.15, 0.2) is 23.6 Å². The van der Waals surface area contributed by atoms with Crippen molar-refractivity contribution in [3.05, 3.63) is 40.0 Å². The summed E-state index contributed by atoms with van der Waals surface area (Å²) in [4.78, 5) is 12.6. The van der Waals surface area contributed by atoms with Crippen molar-refractivity contribution >= 4 is 17.2 Å². The summed E-state index contributed by atoms with van der Waals surface area (Å²) in [5.74, 6) is 1.78. The molecule has 0 aliphatic rings. The van der Waals surface area contributed by atoms with Crippen LogP contribution in [-0.2, 0) is 13.1 Å². The van der Waals surface area contributed by atoms with Gasteiger partial charge in [0.2, 0.25) is 0 Å². The van der Waals surface area contributed by atoms with Crippen LogP contribution in [0.5, 0.6) is 0 Å². The van der Waals surface area contributed by atoms with Crippen molar-refractivity contribution in [1.29, 1.82) is 0 Å². The summed E-state index contributed by atoms with van der Waals surface area (Å²) < 4.78 is 0. The van der Waals surface area contributed by atoms with Crippen LogP contribution >= 0.6 is 11.3 Å². The van der Waals surface area contributed by atoms with Gasteiger partial charge in [0, 0.05) is 29.7 Å². The van der Waals surface area contributed by atoms with Crippen LogP contribution in [0.1, 0.15) is 23.3 Å². The highest BCUT2D eigenvalue weighted by atomic mass is 32.1. The van der Waals surface area contributed by atoms with Crippen molar-refractivity contribution in [3.8, 4) is 0 Å². The lowest BCUT2D eigenvalue weighted by Gasteiger charge is -2.15. The average molecular weight is 276 g/mol. The topological polar surface area (TPSA) is 41.1 Å². The third-order valence-electron chi connectivity index (χ3n) is 2.68. The molecular weight excluding hydrogens is 256 g/mol. The number of hydrogen-bond acceptors (Lipinski definition) is 5. The molecule has 0 aliphatic carbocycles. The lowest BCUT2D eigenvalue weighted by molar-refractivity contribution is 0.313.